The molecule has 0 radical (unpaired) electrons. The molecule has 1 aromatic heterocycles. The molecule has 0 bridgehead atoms. The number of hydrogen-bond donors (Lipinski definition) is 1. The molecule has 12 heteroatoms. The smallest absolute Gasteiger partial charge is 0.402 e. The monoisotopic (exact) mass is 486 g/mol. The molecule has 2 heterocycles. The zero-order valence-corrected chi connectivity index (χ0v) is 18.5. The normalized spacial score (nSPS) is 21.2. The van der Waals surface area contributed by atoms with Crippen molar-refractivity contribution < 1.29 is 36.0 Å². The van der Waals surface area contributed by atoms with Gasteiger partial charge in [-0.05, 0) is 44.4 Å². The maximum Gasteiger partial charge on any atom is 0.402 e. The number of carbonyl (C=O) groups excluding carboxylic acids is 2. The molecule has 0 saturated heterocycles. The van der Waals surface area contributed by atoms with Crippen LogP contribution in [0.3, 0.4) is 0 Å². The predicted octanol–water partition coefficient (Wildman–Crippen LogP) is 4.65. The lowest BCUT2D eigenvalue weighted by molar-refractivity contribution is -0.212. The minimum absolute atomic E-state index is 0.151. The van der Waals surface area contributed by atoms with Crippen molar-refractivity contribution in [2.75, 3.05) is 0 Å². The van der Waals surface area contributed by atoms with Crippen molar-refractivity contribution in [2.24, 2.45) is 5.41 Å². The van der Waals surface area contributed by atoms with Gasteiger partial charge in [-0.2, -0.15) is 22.0 Å². The number of hydrogen-bond acceptors (Lipinski definition) is 5. The second-order valence-electron chi connectivity index (χ2n) is 9.11. The summed E-state index contributed by atoms with van der Waals surface area (Å²) in [5.41, 5.74) is -1.27. The van der Waals surface area contributed by atoms with Crippen LogP contribution in [-0.4, -0.2) is 45.2 Å². The van der Waals surface area contributed by atoms with E-state index in [0.717, 1.165) is 26.7 Å². The highest BCUT2D eigenvalue weighted by Gasteiger charge is 2.53. The second kappa shape index (κ2) is 8.62. The van der Waals surface area contributed by atoms with Crippen LogP contribution in [0.4, 0.5) is 22.0 Å². The third kappa shape index (κ3) is 4.25. The molecule has 0 unspecified atom stereocenters. The lowest BCUT2D eigenvalue weighted by Crippen LogP contribution is -2.57. The first-order valence-corrected chi connectivity index (χ1v) is 10.8. The van der Waals surface area contributed by atoms with Crippen LogP contribution in [0, 0.1) is 5.41 Å². The van der Waals surface area contributed by atoms with Gasteiger partial charge in [-0.15, -0.1) is 10.2 Å². The molecule has 1 N–H and O–H groups in total. The number of halogens is 5. The molecule has 34 heavy (non-hydrogen) atoms. The van der Waals surface area contributed by atoms with Gasteiger partial charge in [0.25, 0.3) is 11.8 Å². The van der Waals surface area contributed by atoms with Crippen LogP contribution in [0.2, 0.25) is 0 Å². The van der Waals surface area contributed by atoms with E-state index in [-0.39, 0.29) is 18.3 Å². The number of nitrogens with one attached hydrogen (secondary N) is 1. The molecule has 2 aliphatic rings. The van der Waals surface area contributed by atoms with E-state index in [1.165, 1.54) is 6.07 Å². The van der Waals surface area contributed by atoms with Gasteiger partial charge >= 0.3 is 12.6 Å². The molecule has 1 saturated carbocycles. The first kappa shape index (κ1) is 24.1. The molecular weight excluding hydrogens is 463 g/mol. The van der Waals surface area contributed by atoms with Crippen LogP contribution < -0.4 is 5.32 Å². The largest absolute Gasteiger partial charge is 0.415 e. The molecule has 0 spiro atoms. The highest BCUT2D eigenvalue weighted by Crippen LogP contribution is 2.39. The van der Waals surface area contributed by atoms with Crippen molar-refractivity contribution in [1.29, 1.82) is 0 Å². The van der Waals surface area contributed by atoms with Crippen LogP contribution in [0.5, 0.6) is 0 Å². The summed E-state index contributed by atoms with van der Waals surface area (Å²) in [6.45, 7) is 1.88. The highest BCUT2D eigenvalue weighted by atomic mass is 19.4. The van der Waals surface area contributed by atoms with Gasteiger partial charge in [-0.1, -0.05) is 18.9 Å². The van der Waals surface area contributed by atoms with Crippen molar-refractivity contribution in [1.82, 2.24) is 20.4 Å². The fraction of sp³-hybridized carbons (Fsp3) is 0.545. The number of aromatic nitrogens is 2. The van der Waals surface area contributed by atoms with E-state index >= 15 is 0 Å². The van der Waals surface area contributed by atoms with Gasteiger partial charge in [0, 0.05) is 23.7 Å². The van der Waals surface area contributed by atoms with Crippen molar-refractivity contribution in [3.05, 3.63) is 35.2 Å². The van der Waals surface area contributed by atoms with Crippen molar-refractivity contribution in [2.45, 2.75) is 70.8 Å². The summed E-state index contributed by atoms with van der Waals surface area (Å²) in [6, 6.07) is 3.61. The Hall–Kier alpha value is -3.05. The molecule has 184 valence electrons. The highest BCUT2D eigenvalue weighted by molar-refractivity contribution is 5.99. The minimum Gasteiger partial charge on any atom is -0.415 e. The SMILES string of the molecule is CC(C)(C(=O)N[C@H]1CCCC[C@H]1N1Cc2ccc(-c3nnc(C(F)F)o3)cc2C1=O)C(F)(F)F. The quantitative estimate of drug-likeness (QED) is 0.622. The van der Waals surface area contributed by atoms with Gasteiger partial charge in [0.2, 0.25) is 11.8 Å². The number of rotatable bonds is 5. The predicted molar refractivity (Wildman–Crippen MR) is 109 cm³/mol. The van der Waals surface area contributed by atoms with E-state index in [0.29, 0.717) is 29.5 Å². The molecular formula is C22H23F5N4O3. The van der Waals surface area contributed by atoms with E-state index in [4.69, 9.17) is 4.42 Å². The molecule has 1 aliphatic carbocycles. The summed E-state index contributed by atoms with van der Waals surface area (Å²) in [5.74, 6) is -2.46. The summed E-state index contributed by atoms with van der Waals surface area (Å²) >= 11 is 0. The molecule has 2 amide bonds. The number of alkyl halides is 5. The third-order valence-electron chi connectivity index (χ3n) is 6.54. The van der Waals surface area contributed by atoms with Gasteiger partial charge in [-0.25, -0.2) is 0 Å². The van der Waals surface area contributed by atoms with Crippen LogP contribution in [0.1, 0.15) is 67.8 Å². The standard InChI is InChI=1S/C22H23F5N4O3/c1-21(2,22(25,26)27)20(33)28-14-5-3-4-6-15(14)31-10-12-8-7-11(9-13(12)19(31)32)17-29-30-18(34-17)16(23)24/h7-9,14-16H,3-6,10H2,1-2H3,(H,28,33)/t14-,15+/m0/s1. The van der Waals surface area contributed by atoms with Gasteiger partial charge < -0.3 is 14.6 Å². The summed E-state index contributed by atoms with van der Waals surface area (Å²) < 4.78 is 70.4. The Morgan fingerprint density at radius 1 is 1.18 bits per heavy atom. The molecule has 1 aliphatic heterocycles. The summed E-state index contributed by atoms with van der Waals surface area (Å²) in [6.07, 6.45) is -5.16. The first-order chi connectivity index (χ1) is 15.9. The van der Waals surface area contributed by atoms with E-state index in [2.05, 4.69) is 15.5 Å². The van der Waals surface area contributed by atoms with Gasteiger partial charge in [0.15, 0.2) is 0 Å². The number of nitrogens with zero attached hydrogens (tertiary/aromatic N) is 3. The lowest BCUT2D eigenvalue weighted by atomic mass is 9.86. The van der Waals surface area contributed by atoms with Gasteiger partial charge in [0.1, 0.15) is 5.41 Å². The lowest BCUT2D eigenvalue weighted by Gasteiger charge is -2.39. The molecule has 1 fully saturated rings. The maximum atomic E-state index is 13.3. The Morgan fingerprint density at radius 2 is 1.88 bits per heavy atom. The molecule has 7 nitrogen and oxygen atoms in total. The molecule has 4 rings (SSSR count). The second-order valence-corrected chi connectivity index (χ2v) is 9.11. The Balaban J connectivity index is 1.54. The Kier molecular flexibility index (Phi) is 6.11. The summed E-state index contributed by atoms with van der Waals surface area (Å²) in [4.78, 5) is 27.3. The first-order valence-electron chi connectivity index (χ1n) is 10.8. The van der Waals surface area contributed by atoms with Crippen molar-refractivity contribution in [3.63, 3.8) is 0 Å². The maximum absolute atomic E-state index is 13.3. The summed E-state index contributed by atoms with van der Waals surface area (Å²) in [7, 11) is 0. The van der Waals surface area contributed by atoms with E-state index < -0.39 is 41.9 Å². The minimum atomic E-state index is -4.71. The van der Waals surface area contributed by atoms with Crippen LogP contribution in [-0.2, 0) is 11.3 Å². The third-order valence-corrected chi connectivity index (χ3v) is 6.54. The van der Waals surface area contributed by atoms with Gasteiger partial charge in [0.05, 0.1) is 6.04 Å². The Morgan fingerprint density at radius 3 is 2.53 bits per heavy atom. The fourth-order valence-corrected chi connectivity index (χ4v) is 4.29. The zero-order chi connectivity index (χ0) is 24.8. The van der Waals surface area contributed by atoms with E-state index in [1.807, 2.05) is 0 Å². The van der Waals surface area contributed by atoms with Crippen LogP contribution in [0.25, 0.3) is 11.5 Å². The average Bonchev–Trinajstić information content (AvgIpc) is 3.39. The number of benzene rings is 1. The topological polar surface area (TPSA) is 88.3 Å². The average molecular weight is 486 g/mol. The zero-order valence-electron chi connectivity index (χ0n) is 18.5. The Bertz CT molecular complexity index is 1100. The van der Waals surface area contributed by atoms with Crippen LogP contribution in [0.15, 0.2) is 22.6 Å². The number of fused-ring (bicyclic) bond motifs is 1. The van der Waals surface area contributed by atoms with Crippen molar-refractivity contribution >= 4 is 11.8 Å². The summed E-state index contributed by atoms with van der Waals surface area (Å²) in [5, 5.41) is 9.41. The molecule has 2 atom stereocenters. The van der Waals surface area contributed by atoms with Gasteiger partial charge in [-0.3, -0.25) is 9.59 Å². The van der Waals surface area contributed by atoms with Crippen molar-refractivity contribution in [3.8, 4) is 11.5 Å². The number of carbonyl (C=O) groups is 2. The number of amides is 2. The van der Waals surface area contributed by atoms with E-state index in [9.17, 15) is 31.5 Å². The molecule has 1 aromatic carbocycles. The Labute approximate surface area is 191 Å². The van der Waals surface area contributed by atoms with E-state index in [1.54, 1.807) is 17.0 Å². The van der Waals surface area contributed by atoms with Crippen LogP contribution >= 0.6 is 0 Å². The fourth-order valence-electron chi connectivity index (χ4n) is 4.29. The molecule has 2 aromatic rings.